The van der Waals surface area contributed by atoms with Crippen molar-refractivity contribution in [2.24, 2.45) is 0 Å². The van der Waals surface area contributed by atoms with E-state index >= 15 is 0 Å². The van der Waals surface area contributed by atoms with Gasteiger partial charge in [0.25, 0.3) is 0 Å². The highest BCUT2D eigenvalue weighted by Gasteiger charge is 2.36. The molecule has 1 saturated heterocycles. The summed E-state index contributed by atoms with van der Waals surface area (Å²) in [6.45, 7) is 4.19. The second-order valence-electron chi connectivity index (χ2n) is 9.03. The molecule has 5 rings (SSSR count). The molecule has 2 amide bonds. The highest BCUT2D eigenvalue weighted by atomic mass is 19.4. The molecule has 35 heavy (non-hydrogen) atoms. The van der Waals surface area contributed by atoms with E-state index in [2.05, 4.69) is 20.2 Å². The number of urea groups is 1. The van der Waals surface area contributed by atoms with Gasteiger partial charge in [-0.3, -0.25) is 9.80 Å². The Morgan fingerprint density at radius 3 is 2.77 bits per heavy atom. The molecule has 12 heteroatoms. The molecule has 8 nitrogen and oxygen atoms in total. The summed E-state index contributed by atoms with van der Waals surface area (Å²) in [5.74, 6) is -0.117. The van der Waals surface area contributed by atoms with Crippen LogP contribution in [0.5, 0.6) is 0 Å². The zero-order valence-corrected chi connectivity index (χ0v) is 19.3. The van der Waals surface area contributed by atoms with E-state index in [1.807, 2.05) is 6.07 Å². The van der Waals surface area contributed by atoms with Gasteiger partial charge in [-0.1, -0.05) is 0 Å². The maximum absolute atomic E-state index is 14.6. The average Bonchev–Trinajstić information content (AvgIpc) is 3.37. The van der Waals surface area contributed by atoms with Crippen molar-refractivity contribution in [3.8, 4) is 0 Å². The van der Waals surface area contributed by atoms with E-state index in [1.54, 1.807) is 30.6 Å². The number of carbonyl (C=O) groups excluding carboxylic acids is 1. The topological polar surface area (TPSA) is 69.0 Å². The summed E-state index contributed by atoms with van der Waals surface area (Å²) in [6, 6.07) is 2.31. The van der Waals surface area contributed by atoms with E-state index in [0.29, 0.717) is 37.5 Å². The highest BCUT2D eigenvalue weighted by Crippen LogP contribution is 2.35. The zero-order valence-electron chi connectivity index (χ0n) is 19.3. The average molecular weight is 491 g/mol. The van der Waals surface area contributed by atoms with Crippen LogP contribution in [0.3, 0.4) is 0 Å². The molecule has 2 aliphatic heterocycles. The molecule has 0 spiro atoms. The fourth-order valence-corrected chi connectivity index (χ4v) is 4.86. The molecule has 3 aromatic rings. The Morgan fingerprint density at radius 2 is 2.03 bits per heavy atom. The minimum absolute atomic E-state index is 0.0270. The second-order valence-corrected chi connectivity index (χ2v) is 9.03. The molecule has 0 bridgehead atoms. The van der Waals surface area contributed by atoms with Crippen molar-refractivity contribution in [2.75, 3.05) is 47.8 Å². The molecule has 186 valence electrons. The number of imidazole rings is 1. The third-order valence-corrected chi connectivity index (χ3v) is 6.49. The number of alkyl halides is 3. The first kappa shape index (κ1) is 23.3. The van der Waals surface area contributed by atoms with Crippen LogP contribution in [0.4, 0.5) is 39.5 Å². The molecule has 5 heterocycles. The van der Waals surface area contributed by atoms with Crippen LogP contribution in [0.2, 0.25) is 0 Å². The van der Waals surface area contributed by atoms with Crippen molar-refractivity contribution < 1.29 is 22.4 Å². The number of halogens is 4. The fourth-order valence-electron chi connectivity index (χ4n) is 4.86. The number of rotatable bonds is 3. The van der Waals surface area contributed by atoms with Crippen LogP contribution in [0.1, 0.15) is 18.2 Å². The van der Waals surface area contributed by atoms with Crippen LogP contribution >= 0.6 is 0 Å². The number of fused-ring (bicyclic) bond motifs is 2. The van der Waals surface area contributed by atoms with Crippen LogP contribution in [0.25, 0.3) is 5.65 Å². The zero-order chi connectivity index (χ0) is 24.9. The maximum atomic E-state index is 14.6. The van der Waals surface area contributed by atoms with Gasteiger partial charge in [0.2, 0.25) is 0 Å². The van der Waals surface area contributed by atoms with Gasteiger partial charge in [-0.15, -0.1) is 0 Å². The minimum atomic E-state index is -4.23. The van der Waals surface area contributed by atoms with Gasteiger partial charge in [0.05, 0.1) is 17.9 Å². The van der Waals surface area contributed by atoms with Crippen molar-refractivity contribution >= 4 is 28.9 Å². The fraction of sp³-hybridized carbons (Fsp3) is 0.435. The number of anilines is 3. The molecular weight excluding hydrogens is 466 g/mol. The number of pyridine rings is 2. The Balaban J connectivity index is 1.33. The van der Waals surface area contributed by atoms with Gasteiger partial charge in [0.15, 0.2) is 5.82 Å². The standard InChI is InChI=1S/C23H25F4N7O/c1-14-10-33-12-18(17(24)9-20(33)29-14)30-22(35)34-6-4-16-19(3-5-28-21(16)34)31-7-8-32(15(2)11-31)13-23(25,26)27/h3,5,9-10,12,15H,4,6-8,11,13H2,1-2H3,(H,30,35)/t15-/m0/s1. The molecule has 1 atom stereocenters. The number of nitrogens with one attached hydrogen (secondary N) is 1. The summed E-state index contributed by atoms with van der Waals surface area (Å²) in [5, 5.41) is 2.62. The van der Waals surface area contributed by atoms with Gasteiger partial charge in [0, 0.05) is 68.1 Å². The van der Waals surface area contributed by atoms with E-state index in [0.717, 1.165) is 16.9 Å². The lowest BCUT2D eigenvalue weighted by molar-refractivity contribution is -0.150. The number of piperazine rings is 1. The summed E-state index contributed by atoms with van der Waals surface area (Å²) >= 11 is 0. The van der Waals surface area contributed by atoms with Crippen LogP contribution in [0, 0.1) is 12.7 Å². The first-order chi connectivity index (χ1) is 16.6. The van der Waals surface area contributed by atoms with E-state index in [4.69, 9.17) is 0 Å². The second kappa shape index (κ2) is 8.67. The number of aryl methyl sites for hydroxylation is 1. The van der Waals surface area contributed by atoms with Crippen molar-refractivity contribution in [1.82, 2.24) is 19.3 Å². The van der Waals surface area contributed by atoms with Gasteiger partial charge in [-0.05, 0) is 26.3 Å². The SMILES string of the molecule is Cc1cn2cc(NC(=O)N3CCc4c(N5CCN(CC(F)(F)F)[C@@H](C)C5)ccnc43)c(F)cc2n1. The van der Waals surface area contributed by atoms with Gasteiger partial charge in [-0.25, -0.2) is 19.2 Å². The Kier molecular flexibility index (Phi) is 5.78. The molecule has 0 aliphatic carbocycles. The minimum Gasteiger partial charge on any atom is -0.368 e. The smallest absolute Gasteiger partial charge is 0.368 e. The summed E-state index contributed by atoms with van der Waals surface area (Å²) in [4.78, 5) is 26.6. The van der Waals surface area contributed by atoms with Gasteiger partial charge >= 0.3 is 12.2 Å². The molecule has 1 N–H and O–H groups in total. The lowest BCUT2D eigenvalue weighted by atomic mass is 10.1. The van der Waals surface area contributed by atoms with Crippen LogP contribution in [-0.4, -0.2) is 70.2 Å². The quantitative estimate of drug-likeness (QED) is 0.564. The third kappa shape index (κ3) is 4.62. The number of hydrogen-bond acceptors (Lipinski definition) is 5. The third-order valence-electron chi connectivity index (χ3n) is 6.49. The van der Waals surface area contributed by atoms with E-state index in [1.165, 1.54) is 22.1 Å². The van der Waals surface area contributed by atoms with E-state index < -0.39 is 24.6 Å². The number of aromatic nitrogens is 3. The van der Waals surface area contributed by atoms with E-state index in [9.17, 15) is 22.4 Å². The van der Waals surface area contributed by atoms with Crippen molar-refractivity contribution in [1.29, 1.82) is 0 Å². The molecule has 0 saturated carbocycles. The van der Waals surface area contributed by atoms with Crippen LogP contribution < -0.4 is 15.1 Å². The van der Waals surface area contributed by atoms with Gasteiger partial charge in [0.1, 0.15) is 11.5 Å². The van der Waals surface area contributed by atoms with E-state index in [-0.39, 0.29) is 18.3 Å². The Bertz CT molecular complexity index is 1270. The largest absolute Gasteiger partial charge is 0.401 e. The van der Waals surface area contributed by atoms with Gasteiger partial charge in [-0.2, -0.15) is 13.2 Å². The molecule has 1 fully saturated rings. The van der Waals surface area contributed by atoms with Crippen molar-refractivity contribution in [3.63, 3.8) is 0 Å². The Labute approximate surface area is 199 Å². The number of nitrogens with zero attached hydrogens (tertiary/aromatic N) is 6. The summed E-state index contributed by atoms with van der Waals surface area (Å²) in [7, 11) is 0. The predicted molar refractivity (Wildman–Crippen MR) is 123 cm³/mol. The Hall–Kier alpha value is -3.41. The van der Waals surface area contributed by atoms with Crippen molar-refractivity contribution in [3.05, 3.63) is 47.8 Å². The Morgan fingerprint density at radius 1 is 1.23 bits per heavy atom. The number of carbonyl (C=O) groups is 1. The van der Waals surface area contributed by atoms with Crippen LogP contribution in [-0.2, 0) is 6.42 Å². The molecule has 3 aromatic heterocycles. The molecule has 0 unspecified atom stereocenters. The predicted octanol–water partition coefficient (Wildman–Crippen LogP) is 3.84. The lowest BCUT2D eigenvalue weighted by Crippen LogP contribution is -2.54. The summed E-state index contributed by atoms with van der Waals surface area (Å²) in [6.07, 6.45) is 1.12. The molecule has 0 aromatic carbocycles. The molecule has 0 radical (unpaired) electrons. The number of amides is 2. The maximum Gasteiger partial charge on any atom is 0.401 e. The number of hydrogen-bond donors (Lipinski definition) is 1. The van der Waals surface area contributed by atoms with Crippen molar-refractivity contribution in [2.45, 2.75) is 32.5 Å². The summed E-state index contributed by atoms with van der Waals surface area (Å²) in [5.41, 5.74) is 2.93. The van der Waals surface area contributed by atoms with Crippen LogP contribution in [0.15, 0.2) is 30.7 Å². The summed E-state index contributed by atoms with van der Waals surface area (Å²) < 4.78 is 54.8. The first-order valence-corrected chi connectivity index (χ1v) is 11.4. The molecule has 2 aliphatic rings. The monoisotopic (exact) mass is 491 g/mol. The molecular formula is C23H25F4N7O. The lowest BCUT2D eigenvalue weighted by Gasteiger charge is -2.41. The normalized spacial score (nSPS) is 18.9. The first-order valence-electron chi connectivity index (χ1n) is 11.4. The highest BCUT2D eigenvalue weighted by molar-refractivity contribution is 6.03. The van der Waals surface area contributed by atoms with Gasteiger partial charge < -0.3 is 14.6 Å².